The lowest BCUT2D eigenvalue weighted by molar-refractivity contribution is 0.397. The average molecular weight is 238 g/mol. The van der Waals surface area contributed by atoms with E-state index in [-0.39, 0.29) is 0 Å². The summed E-state index contributed by atoms with van der Waals surface area (Å²) < 4.78 is 2.10. The maximum Gasteiger partial charge on any atom is 0.0762 e. The smallest absolute Gasteiger partial charge is 0.0762 e. The molecule has 0 atom stereocenters. The second-order valence-corrected chi connectivity index (χ2v) is 4.74. The van der Waals surface area contributed by atoms with Crippen LogP contribution in [0.3, 0.4) is 0 Å². The monoisotopic (exact) mass is 238 g/mol. The van der Waals surface area contributed by atoms with Gasteiger partial charge in [-0.05, 0) is 33.0 Å². The Morgan fingerprint density at radius 1 is 1.35 bits per heavy atom. The van der Waals surface area contributed by atoms with Gasteiger partial charge in [0.25, 0.3) is 0 Å². The summed E-state index contributed by atoms with van der Waals surface area (Å²) in [5.41, 5.74) is 1.13. The molecule has 98 valence electrons. The highest BCUT2D eigenvalue weighted by atomic mass is 15.3. The maximum atomic E-state index is 4.61. The second kappa shape index (κ2) is 7.45. The summed E-state index contributed by atoms with van der Waals surface area (Å²) in [5.74, 6) is 0. The summed E-state index contributed by atoms with van der Waals surface area (Å²) in [6.07, 6.45) is 4.39. The van der Waals surface area contributed by atoms with E-state index in [2.05, 4.69) is 60.2 Å². The van der Waals surface area contributed by atoms with Gasteiger partial charge in [-0.3, -0.25) is 4.68 Å². The lowest BCUT2D eigenvalue weighted by atomic mass is 10.2. The fourth-order valence-corrected chi connectivity index (χ4v) is 1.86. The lowest BCUT2D eigenvalue weighted by Crippen LogP contribution is -2.26. The molecule has 4 heteroatoms. The van der Waals surface area contributed by atoms with Crippen molar-refractivity contribution in [3.63, 3.8) is 0 Å². The summed E-state index contributed by atoms with van der Waals surface area (Å²) in [4.78, 5) is 2.18. The van der Waals surface area contributed by atoms with Gasteiger partial charge >= 0.3 is 0 Å². The first-order valence-electron chi connectivity index (χ1n) is 6.56. The van der Waals surface area contributed by atoms with Gasteiger partial charge in [0.15, 0.2) is 0 Å². The second-order valence-electron chi connectivity index (χ2n) is 4.74. The third kappa shape index (κ3) is 4.88. The van der Waals surface area contributed by atoms with Crippen molar-refractivity contribution in [1.29, 1.82) is 0 Å². The Morgan fingerprint density at radius 3 is 2.65 bits per heavy atom. The van der Waals surface area contributed by atoms with Gasteiger partial charge in [0.1, 0.15) is 0 Å². The van der Waals surface area contributed by atoms with Crippen LogP contribution >= 0.6 is 0 Å². The topological polar surface area (TPSA) is 33.1 Å². The van der Waals surface area contributed by atoms with Gasteiger partial charge in [-0.25, -0.2) is 0 Å². The molecular formula is C13H26N4. The van der Waals surface area contributed by atoms with Crippen LogP contribution in [0, 0.1) is 0 Å². The Kier molecular flexibility index (Phi) is 6.22. The summed E-state index contributed by atoms with van der Waals surface area (Å²) in [6, 6.07) is 2.66. The Labute approximate surface area is 105 Å². The van der Waals surface area contributed by atoms with Crippen LogP contribution in [-0.4, -0.2) is 41.9 Å². The number of nitrogens with zero attached hydrogens (tertiary/aromatic N) is 3. The van der Waals surface area contributed by atoms with Crippen LogP contribution in [0.4, 0.5) is 0 Å². The molecule has 4 nitrogen and oxygen atoms in total. The third-order valence-electron chi connectivity index (χ3n) is 3.02. The van der Waals surface area contributed by atoms with E-state index in [4.69, 9.17) is 0 Å². The van der Waals surface area contributed by atoms with Crippen LogP contribution in [0.2, 0.25) is 0 Å². The Hall–Kier alpha value is -0.870. The highest BCUT2D eigenvalue weighted by Crippen LogP contribution is 2.14. The molecule has 0 fully saturated rings. The van der Waals surface area contributed by atoms with E-state index >= 15 is 0 Å². The van der Waals surface area contributed by atoms with E-state index in [0.29, 0.717) is 6.04 Å². The fraction of sp³-hybridized carbons (Fsp3) is 0.769. The molecule has 17 heavy (non-hydrogen) atoms. The normalized spacial score (nSPS) is 11.6. The first-order valence-corrected chi connectivity index (χ1v) is 6.56. The summed E-state index contributed by atoms with van der Waals surface area (Å²) in [6.45, 7) is 7.36. The van der Waals surface area contributed by atoms with Gasteiger partial charge in [0.05, 0.1) is 11.7 Å². The van der Waals surface area contributed by atoms with Crippen molar-refractivity contribution in [2.75, 3.05) is 27.2 Å². The predicted molar refractivity (Wildman–Crippen MR) is 72.1 cm³/mol. The zero-order valence-electron chi connectivity index (χ0n) is 11.6. The van der Waals surface area contributed by atoms with Crippen molar-refractivity contribution >= 4 is 0 Å². The van der Waals surface area contributed by atoms with Gasteiger partial charge in [0, 0.05) is 25.8 Å². The standard InChI is InChI=1S/C13H26N4/c1-5-13(6-2)17-9-7-12(15-17)11-14-8-10-16(3)4/h7,9,13-14H,5-6,8,10-11H2,1-4H3. The van der Waals surface area contributed by atoms with Crippen molar-refractivity contribution in [1.82, 2.24) is 20.0 Å². The third-order valence-corrected chi connectivity index (χ3v) is 3.02. The molecule has 1 heterocycles. The molecule has 1 rings (SSSR count). The Bertz CT molecular complexity index is 302. The molecule has 0 amide bonds. The SMILES string of the molecule is CCC(CC)n1ccc(CNCCN(C)C)n1. The zero-order chi connectivity index (χ0) is 12.7. The molecule has 0 aromatic carbocycles. The molecule has 0 aliphatic carbocycles. The number of likely N-dealkylation sites (N-methyl/N-ethyl adjacent to an activating group) is 1. The molecule has 0 unspecified atom stereocenters. The van der Waals surface area contributed by atoms with Gasteiger partial charge in [-0.2, -0.15) is 5.10 Å². The molecular weight excluding hydrogens is 212 g/mol. The fourth-order valence-electron chi connectivity index (χ4n) is 1.86. The molecule has 0 saturated heterocycles. The molecule has 0 saturated carbocycles. The minimum atomic E-state index is 0.547. The Balaban J connectivity index is 2.35. The van der Waals surface area contributed by atoms with E-state index < -0.39 is 0 Å². The van der Waals surface area contributed by atoms with Crippen LogP contribution < -0.4 is 5.32 Å². The predicted octanol–water partition coefficient (Wildman–Crippen LogP) is 1.90. The molecule has 1 aromatic rings. The summed E-state index contributed by atoms with van der Waals surface area (Å²) >= 11 is 0. The van der Waals surface area contributed by atoms with Crippen LogP contribution in [0.1, 0.15) is 38.4 Å². The van der Waals surface area contributed by atoms with Gasteiger partial charge in [-0.1, -0.05) is 13.8 Å². The van der Waals surface area contributed by atoms with Crippen molar-refractivity contribution in [3.05, 3.63) is 18.0 Å². The van der Waals surface area contributed by atoms with Crippen molar-refractivity contribution in [2.45, 2.75) is 39.3 Å². The quantitative estimate of drug-likeness (QED) is 0.702. The number of rotatable bonds is 8. The van der Waals surface area contributed by atoms with Gasteiger partial charge in [-0.15, -0.1) is 0 Å². The first-order chi connectivity index (χ1) is 8.17. The van der Waals surface area contributed by atoms with Gasteiger partial charge in [0.2, 0.25) is 0 Å². The number of hydrogen-bond donors (Lipinski definition) is 1. The van der Waals surface area contributed by atoms with E-state index in [1.54, 1.807) is 0 Å². The van der Waals surface area contributed by atoms with Crippen molar-refractivity contribution in [3.8, 4) is 0 Å². The molecule has 1 N–H and O–H groups in total. The highest BCUT2D eigenvalue weighted by molar-refractivity contribution is 4.99. The van der Waals surface area contributed by atoms with Crippen LogP contribution in [0.25, 0.3) is 0 Å². The average Bonchev–Trinajstić information content (AvgIpc) is 2.75. The number of hydrogen-bond acceptors (Lipinski definition) is 3. The zero-order valence-corrected chi connectivity index (χ0v) is 11.6. The van der Waals surface area contributed by atoms with E-state index in [9.17, 15) is 0 Å². The highest BCUT2D eigenvalue weighted by Gasteiger charge is 2.07. The molecule has 0 spiro atoms. The molecule has 0 aliphatic rings. The van der Waals surface area contributed by atoms with Crippen LogP contribution in [0.5, 0.6) is 0 Å². The molecule has 0 bridgehead atoms. The van der Waals surface area contributed by atoms with E-state index in [1.807, 2.05) is 0 Å². The first kappa shape index (κ1) is 14.2. The molecule has 0 aliphatic heterocycles. The summed E-state index contributed by atoms with van der Waals surface area (Å²) in [5, 5.41) is 8.01. The minimum Gasteiger partial charge on any atom is -0.310 e. The van der Waals surface area contributed by atoms with E-state index in [1.165, 1.54) is 0 Å². The summed E-state index contributed by atoms with van der Waals surface area (Å²) in [7, 11) is 4.17. The van der Waals surface area contributed by atoms with Crippen molar-refractivity contribution < 1.29 is 0 Å². The minimum absolute atomic E-state index is 0.547. The van der Waals surface area contributed by atoms with Crippen LogP contribution in [0.15, 0.2) is 12.3 Å². The lowest BCUT2D eigenvalue weighted by Gasteiger charge is -2.12. The number of aromatic nitrogens is 2. The molecule has 1 aromatic heterocycles. The number of nitrogens with one attached hydrogen (secondary N) is 1. The van der Waals surface area contributed by atoms with Crippen molar-refractivity contribution in [2.24, 2.45) is 0 Å². The van der Waals surface area contributed by atoms with Crippen LogP contribution in [-0.2, 0) is 6.54 Å². The maximum absolute atomic E-state index is 4.61. The van der Waals surface area contributed by atoms with Gasteiger partial charge < -0.3 is 10.2 Å². The molecule has 0 radical (unpaired) electrons. The Morgan fingerprint density at radius 2 is 2.06 bits per heavy atom. The largest absolute Gasteiger partial charge is 0.310 e. The van der Waals surface area contributed by atoms with E-state index in [0.717, 1.165) is 38.2 Å².